The summed E-state index contributed by atoms with van der Waals surface area (Å²) in [5.74, 6) is 0. The van der Waals surface area contributed by atoms with Crippen LogP contribution >= 0.6 is 11.6 Å². The van der Waals surface area contributed by atoms with Crippen LogP contribution in [-0.4, -0.2) is 31.6 Å². The Bertz CT molecular complexity index is 966. The second-order valence-electron chi connectivity index (χ2n) is 5.00. The van der Waals surface area contributed by atoms with Gasteiger partial charge in [0.25, 0.3) is 10.0 Å². The normalized spacial score (nSPS) is 12.2. The molecule has 2 aromatic heterocycles. The molecule has 0 atom stereocenters. The zero-order valence-corrected chi connectivity index (χ0v) is 14.6. The minimum absolute atomic E-state index is 0.177. The molecular formula is C16H15ClN2O4S. The Kier molecular flexibility index (Phi) is 4.60. The summed E-state index contributed by atoms with van der Waals surface area (Å²) in [4.78, 5) is 4.43. The minimum atomic E-state index is -3.75. The van der Waals surface area contributed by atoms with Crippen molar-refractivity contribution in [2.45, 2.75) is 11.2 Å². The van der Waals surface area contributed by atoms with Crippen molar-refractivity contribution in [1.29, 1.82) is 0 Å². The van der Waals surface area contributed by atoms with Crippen LogP contribution in [0, 0.1) is 0 Å². The lowest BCUT2D eigenvalue weighted by Gasteiger charge is -2.15. The van der Waals surface area contributed by atoms with E-state index in [2.05, 4.69) is 4.98 Å². The first-order valence-electron chi connectivity index (χ1n) is 7.02. The van der Waals surface area contributed by atoms with E-state index in [-0.39, 0.29) is 10.5 Å². The summed E-state index contributed by atoms with van der Waals surface area (Å²) in [5.41, 5.74) is 0.780. The Morgan fingerprint density at radius 2 is 1.79 bits per heavy atom. The molecule has 0 aliphatic heterocycles. The Balaban J connectivity index is 2.18. The van der Waals surface area contributed by atoms with E-state index in [0.717, 1.165) is 3.97 Å². The molecule has 0 aliphatic carbocycles. The van der Waals surface area contributed by atoms with Gasteiger partial charge in [0.1, 0.15) is 0 Å². The fourth-order valence-electron chi connectivity index (χ4n) is 2.46. The largest absolute Gasteiger partial charge is 0.352 e. The first-order chi connectivity index (χ1) is 11.5. The van der Waals surface area contributed by atoms with E-state index in [9.17, 15) is 8.42 Å². The number of aromatic nitrogens is 2. The molecule has 2 heterocycles. The fourth-order valence-corrected chi connectivity index (χ4v) is 4.07. The highest BCUT2D eigenvalue weighted by atomic mass is 35.5. The molecule has 0 unspecified atom stereocenters. The van der Waals surface area contributed by atoms with Gasteiger partial charge in [-0.15, -0.1) is 0 Å². The zero-order valence-electron chi connectivity index (χ0n) is 13.0. The third-order valence-corrected chi connectivity index (χ3v) is 5.73. The summed E-state index contributed by atoms with van der Waals surface area (Å²) in [6.45, 7) is 0. The molecule has 0 fully saturated rings. The van der Waals surface area contributed by atoms with Crippen molar-refractivity contribution >= 4 is 32.7 Å². The van der Waals surface area contributed by atoms with E-state index in [4.69, 9.17) is 21.1 Å². The highest BCUT2D eigenvalue weighted by Crippen LogP contribution is 2.33. The zero-order chi connectivity index (χ0) is 17.3. The van der Waals surface area contributed by atoms with Crippen molar-refractivity contribution < 1.29 is 17.9 Å². The predicted molar refractivity (Wildman–Crippen MR) is 90.5 cm³/mol. The smallest absolute Gasteiger partial charge is 0.269 e. The lowest BCUT2D eigenvalue weighted by atomic mass is 10.2. The highest BCUT2D eigenvalue weighted by Gasteiger charge is 2.23. The van der Waals surface area contributed by atoms with Crippen LogP contribution in [-0.2, 0) is 19.5 Å². The number of hydrogen-bond acceptors (Lipinski definition) is 5. The molecule has 0 radical (unpaired) electrons. The van der Waals surface area contributed by atoms with Crippen LogP contribution in [0.5, 0.6) is 0 Å². The molecule has 0 bridgehead atoms. The average Bonchev–Trinajstić information content (AvgIpc) is 3.04. The Labute approximate surface area is 144 Å². The molecule has 6 nitrogen and oxygen atoms in total. The molecule has 1 aromatic carbocycles. The van der Waals surface area contributed by atoms with Gasteiger partial charge in [0.15, 0.2) is 11.9 Å². The van der Waals surface area contributed by atoms with Crippen molar-refractivity contribution in [1.82, 2.24) is 8.96 Å². The Morgan fingerprint density at radius 1 is 1.12 bits per heavy atom. The van der Waals surface area contributed by atoms with Gasteiger partial charge >= 0.3 is 0 Å². The van der Waals surface area contributed by atoms with Crippen molar-refractivity contribution in [2.24, 2.45) is 0 Å². The number of nitrogens with zero attached hydrogens (tertiary/aromatic N) is 2. The first-order valence-corrected chi connectivity index (χ1v) is 8.84. The van der Waals surface area contributed by atoms with E-state index < -0.39 is 16.3 Å². The highest BCUT2D eigenvalue weighted by molar-refractivity contribution is 7.90. The number of ether oxygens (including phenoxy) is 2. The maximum atomic E-state index is 12.8. The number of hydrogen-bond donors (Lipinski definition) is 0. The van der Waals surface area contributed by atoms with Crippen LogP contribution in [0.4, 0.5) is 0 Å². The quantitative estimate of drug-likeness (QED) is 0.648. The van der Waals surface area contributed by atoms with Gasteiger partial charge in [-0.25, -0.2) is 17.4 Å². The lowest BCUT2D eigenvalue weighted by Crippen LogP contribution is -2.12. The van der Waals surface area contributed by atoms with Crippen LogP contribution < -0.4 is 0 Å². The molecule has 0 aliphatic rings. The molecule has 3 rings (SSSR count). The molecular weight excluding hydrogens is 352 g/mol. The van der Waals surface area contributed by atoms with Crippen LogP contribution in [0.2, 0.25) is 5.02 Å². The van der Waals surface area contributed by atoms with E-state index in [1.807, 2.05) is 0 Å². The van der Waals surface area contributed by atoms with E-state index in [1.165, 1.54) is 38.7 Å². The fraction of sp³-hybridized carbons (Fsp3) is 0.188. The SMILES string of the molecule is COC(OC)c1cnc2c(ccn2S(=O)(=O)c2ccccc2)c1Cl. The van der Waals surface area contributed by atoms with E-state index in [1.54, 1.807) is 24.3 Å². The first kappa shape index (κ1) is 16.9. The third kappa shape index (κ3) is 2.69. The molecule has 0 saturated carbocycles. The summed E-state index contributed by atoms with van der Waals surface area (Å²) in [6.07, 6.45) is 2.22. The van der Waals surface area contributed by atoms with Crippen molar-refractivity contribution in [3.63, 3.8) is 0 Å². The van der Waals surface area contributed by atoms with Gasteiger partial charge in [0.05, 0.1) is 9.92 Å². The van der Waals surface area contributed by atoms with Gasteiger partial charge in [-0.05, 0) is 18.2 Å². The number of rotatable bonds is 5. The standard InChI is InChI=1S/C16H15ClN2O4S/c1-22-16(23-2)13-10-18-15-12(14(13)17)8-9-19(15)24(20,21)11-6-4-3-5-7-11/h3-10,16H,1-2H3. The van der Waals surface area contributed by atoms with Crippen LogP contribution in [0.15, 0.2) is 53.7 Å². The predicted octanol–water partition coefficient (Wildman–Crippen LogP) is 3.22. The van der Waals surface area contributed by atoms with Gasteiger partial charge in [-0.1, -0.05) is 29.8 Å². The summed E-state index contributed by atoms with van der Waals surface area (Å²) >= 11 is 6.40. The van der Waals surface area contributed by atoms with Gasteiger partial charge in [-0.2, -0.15) is 0 Å². The molecule has 0 saturated heterocycles. The van der Waals surface area contributed by atoms with Crippen molar-refractivity contribution in [2.75, 3.05) is 14.2 Å². The number of benzene rings is 1. The molecule has 3 aromatic rings. The number of halogens is 1. The summed E-state index contributed by atoms with van der Waals surface area (Å²) in [7, 11) is -0.779. The van der Waals surface area contributed by atoms with Gasteiger partial charge in [-0.3, -0.25) is 0 Å². The van der Waals surface area contributed by atoms with Gasteiger partial charge in [0.2, 0.25) is 0 Å². The average molecular weight is 367 g/mol. The molecule has 0 spiro atoms. The number of pyridine rings is 1. The summed E-state index contributed by atoms with van der Waals surface area (Å²) < 4.78 is 37.1. The second kappa shape index (κ2) is 6.52. The maximum absolute atomic E-state index is 12.8. The molecule has 0 amide bonds. The molecule has 8 heteroatoms. The molecule has 126 valence electrons. The topological polar surface area (TPSA) is 70.4 Å². The van der Waals surface area contributed by atoms with Crippen LogP contribution in [0.3, 0.4) is 0 Å². The van der Waals surface area contributed by atoms with Crippen molar-refractivity contribution in [3.8, 4) is 0 Å². The number of methoxy groups -OCH3 is 2. The van der Waals surface area contributed by atoms with E-state index >= 15 is 0 Å². The maximum Gasteiger partial charge on any atom is 0.269 e. The van der Waals surface area contributed by atoms with Crippen molar-refractivity contribution in [3.05, 3.63) is 59.4 Å². The second-order valence-corrected chi connectivity index (χ2v) is 7.19. The monoisotopic (exact) mass is 366 g/mol. The Morgan fingerprint density at radius 3 is 2.42 bits per heavy atom. The molecule has 0 N–H and O–H groups in total. The van der Waals surface area contributed by atoms with E-state index in [0.29, 0.717) is 16.0 Å². The van der Waals surface area contributed by atoms with Crippen LogP contribution in [0.1, 0.15) is 11.9 Å². The van der Waals surface area contributed by atoms with Gasteiger partial charge in [0, 0.05) is 37.6 Å². The molecule has 24 heavy (non-hydrogen) atoms. The Hall–Kier alpha value is -1.93. The number of fused-ring (bicyclic) bond motifs is 1. The summed E-state index contributed by atoms with van der Waals surface area (Å²) in [5, 5.41) is 0.850. The third-order valence-electron chi connectivity index (χ3n) is 3.62. The van der Waals surface area contributed by atoms with Gasteiger partial charge < -0.3 is 9.47 Å². The minimum Gasteiger partial charge on any atom is -0.352 e. The summed E-state index contributed by atoms with van der Waals surface area (Å²) in [6, 6.07) is 9.75. The van der Waals surface area contributed by atoms with Crippen LogP contribution in [0.25, 0.3) is 11.0 Å². The lowest BCUT2D eigenvalue weighted by molar-refractivity contribution is -0.106.